The molecule has 0 aromatic heterocycles. The Bertz CT molecular complexity index is 244. The first-order valence-electron chi connectivity index (χ1n) is 8.69. The summed E-state index contributed by atoms with van der Waals surface area (Å²) in [7, 11) is 2.40. The fourth-order valence-electron chi connectivity index (χ4n) is 4.27. The molecule has 2 atom stereocenters. The van der Waals surface area contributed by atoms with Crippen molar-refractivity contribution in [2.24, 2.45) is 5.92 Å². The summed E-state index contributed by atoms with van der Waals surface area (Å²) in [6, 6.07) is 2.48. The molecule has 0 bridgehead atoms. The Kier molecular flexibility index (Phi) is 6.15. The standard InChI is InChI=1S/C17H34N2/c1-4-14-9-11-16(12-10-14)19(3)17-8-6-7-15(13-17)18-5-2/h14-18H,4-13H2,1-3H3. The molecule has 2 saturated carbocycles. The van der Waals surface area contributed by atoms with Crippen molar-refractivity contribution in [2.45, 2.75) is 89.8 Å². The maximum absolute atomic E-state index is 3.66. The monoisotopic (exact) mass is 266 g/mol. The molecule has 0 saturated heterocycles. The van der Waals surface area contributed by atoms with E-state index in [1.54, 1.807) is 0 Å². The van der Waals surface area contributed by atoms with E-state index in [1.807, 2.05) is 0 Å². The predicted molar refractivity (Wildman–Crippen MR) is 83.5 cm³/mol. The van der Waals surface area contributed by atoms with Crippen molar-refractivity contribution in [3.05, 3.63) is 0 Å². The number of hydrogen-bond donors (Lipinski definition) is 1. The minimum atomic E-state index is 0.776. The van der Waals surface area contributed by atoms with Gasteiger partial charge in [0.05, 0.1) is 0 Å². The van der Waals surface area contributed by atoms with Gasteiger partial charge in [-0.3, -0.25) is 0 Å². The van der Waals surface area contributed by atoms with Crippen LogP contribution < -0.4 is 5.32 Å². The second-order valence-electron chi connectivity index (χ2n) is 6.82. The van der Waals surface area contributed by atoms with Crippen LogP contribution in [0.3, 0.4) is 0 Å². The largest absolute Gasteiger partial charge is 0.314 e. The third-order valence-corrected chi connectivity index (χ3v) is 5.68. The minimum absolute atomic E-state index is 0.776. The number of nitrogens with zero attached hydrogens (tertiary/aromatic N) is 1. The van der Waals surface area contributed by atoms with Gasteiger partial charge in [-0.1, -0.05) is 26.7 Å². The van der Waals surface area contributed by atoms with Gasteiger partial charge in [-0.15, -0.1) is 0 Å². The Morgan fingerprint density at radius 2 is 1.68 bits per heavy atom. The number of hydrogen-bond acceptors (Lipinski definition) is 2. The second-order valence-corrected chi connectivity index (χ2v) is 6.82. The molecule has 2 unspecified atom stereocenters. The molecule has 1 N–H and O–H groups in total. The van der Waals surface area contributed by atoms with Gasteiger partial charge >= 0.3 is 0 Å². The van der Waals surface area contributed by atoms with E-state index in [-0.39, 0.29) is 0 Å². The van der Waals surface area contributed by atoms with E-state index >= 15 is 0 Å². The Morgan fingerprint density at radius 3 is 2.32 bits per heavy atom. The van der Waals surface area contributed by atoms with Crippen LogP contribution in [-0.4, -0.2) is 36.6 Å². The predicted octanol–water partition coefficient (Wildman–Crippen LogP) is 3.81. The quantitative estimate of drug-likeness (QED) is 0.814. The van der Waals surface area contributed by atoms with Gasteiger partial charge in [0.2, 0.25) is 0 Å². The highest BCUT2D eigenvalue weighted by Crippen LogP contribution is 2.32. The molecule has 0 aromatic carbocycles. The van der Waals surface area contributed by atoms with E-state index in [9.17, 15) is 0 Å². The lowest BCUT2D eigenvalue weighted by atomic mass is 9.82. The molecular weight excluding hydrogens is 232 g/mol. The van der Waals surface area contributed by atoms with Crippen molar-refractivity contribution in [1.82, 2.24) is 10.2 Å². The smallest absolute Gasteiger partial charge is 0.0110 e. The van der Waals surface area contributed by atoms with Crippen LogP contribution in [0.2, 0.25) is 0 Å². The highest BCUT2D eigenvalue weighted by Gasteiger charge is 2.30. The van der Waals surface area contributed by atoms with Crippen LogP contribution in [0.5, 0.6) is 0 Å². The molecule has 2 aliphatic rings. The maximum atomic E-state index is 3.66. The summed E-state index contributed by atoms with van der Waals surface area (Å²) >= 11 is 0. The highest BCUT2D eigenvalue weighted by atomic mass is 15.2. The zero-order valence-corrected chi connectivity index (χ0v) is 13.3. The summed E-state index contributed by atoms with van der Waals surface area (Å²) in [5.41, 5.74) is 0. The zero-order valence-electron chi connectivity index (χ0n) is 13.3. The molecular formula is C17H34N2. The molecule has 2 heteroatoms. The van der Waals surface area contributed by atoms with Crippen LogP contribution in [0.1, 0.15) is 71.6 Å². The van der Waals surface area contributed by atoms with Gasteiger partial charge in [-0.05, 0) is 64.5 Å². The van der Waals surface area contributed by atoms with Crippen molar-refractivity contribution < 1.29 is 0 Å². The van der Waals surface area contributed by atoms with Crippen LogP contribution >= 0.6 is 0 Å². The van der Waals surface area contributed by atoms with Gasteiger partial charge in [0, 0.05) is 18.1 Å². The second kappa shape index (κ2) is 7.64. The summed E-state index contributed by atoms with van der Waals surface area (Å²) in [5, 5.41) is 3.66. The molecule has 0 amide bonds. The first kappa shape index (κ1) is 15.3. The summed E-state index contributed by atoms with van der Waals surface area (Å²) in [4.78, 5) is 2.75. The molecule has 2 aliphatic carbocycles. The lowest BCUT2D eigenvalue weighted by Gasteiger charge is -2.42. The topological polar surface area (TPSA) is 15.3 Å². The van der Waals surface area contributed by atoms with Crippen LogP contribution in [0.25, 0.3) is 0 Å². The van der Waals surface area contributed by atoms with Gasteiger partial charge in [0.15, 0.2) is 0 Å². The van der Waals surface area contributed by atoms with Gasteiger partial charge in [-0.25, -0.2) is 0 Å². The van der Waals surface area contributed by atoms with Gasteiger partial charge in [0.1, 0.15) is 0 Å². The molecule has 2 fully saturated rings. The summed E-state index contributed by atoms with van der Waals surface area (Å²) < 4.78 is 0. The molecule has 0 spiro atoms. The maximum Gasteiger partial charge on any atom is 0.0110 e. The van der Waals surface area contributed by atoms with E-state index in [4.69, 9.17) is 0 Å². The fraction of sp³-hybridized carbons (Fsp3) is 1.00. The van der Waals surface area contributed by atoms with E-state index in [0.717, 1.165) is 30.6 Å². The Hall–Kier alpha value is -0.0800. The minimum Gasteiger partial charge on any atom is -0.314 e. The lowest BCUT2D eigenvalue weighted by Crippen LogP contribution is -2.47. The third-order valence-electron chi connectivity index (χ3n) is 5.68. The highest BCUT2D eigenvalue weighted by molar-refractivity contribution is 4.87. The van der Waals surface area contributed by atoms with Gasteiger partial charge in [-0.2, -0.15) is 0 Å². The Morgan fingerprint density at radius 1 is 0.947 bits per heavy atom. The average molecular weight is 266 g/mol. The van der Waals surface area contributed by atoms with Crippen LogP contribution in [0.4, 0.5) is 0 Å². The summed E-state index contributed by atoms with van der Waals surface area (Å²) in [6.07, 6.45) is 12.8. The molecule has 0 aromatic rings. The number of nitrogens with one attached hydrogen (secondary N) is 1. The fourth-order valence-corrected chi connectivity index (χ4v) is 4.27. The Balaban J connectivity index is 1.80. The summed E-state index contributed by atoms with van der Waals surface area (Å²) in [6.45, 7) is 5.72. The van der Waals surface area contributed by atoms with Gasteiger partial charge < -0.3 is 10.2 Å². The SMILES string of the molecule is CCNC1CCCC(N(C)C2CCC(CC)CC2)C1. The zero-order chi connectivity index (χ0) is 13.7. The molecule has 2 rings (SSSR count). The molecule has 2 nitrogen and oxygen atoms in total. The van der Waals surface area contributed by atoms with Crippen LogP contribution in [0.15, 0.2) is 0 Å². The molecule has 0 radical (unpaired) electrons. The lowest BCUT2D eigenvalue weighted by molar-refractivity contribution is 0.0882. The van der Waals surface area contributed by atoms with Crippen molar-refractivity contribution in [3.8, 4) is 0 Å². The first-order chi connectivity index (χ1) is 9.24. The number of rotatable bonds is 5. The van der Waals surface area contributed by atoms with Crippen LogP contribution in [-0.2, 0) is 0 Å². The summed E-state index contributed by atoms with van der Waals surface area (Å²) in [5.74, 6) is 1.02. The molecule has 0 aliphatic heterocycles. The van der Waals surface area contributed by atoms with E-state index in [2.05, 4.69) is 31.1 Å². The van der Waals surface area contributed by atoms with Gasteiger partial charge in [0.25, 0.3) is 0 Å². The normalized spacial score (nSPS) is 36.6. The van der Waals surface area contributed by atoms with E-state index in [0.29, 0.717) is 0 Å². The third kappa shape index (κ3) is 4.19. The van der Waals surface area contributed by atoms with Crippen molar-refractivity contribution in [3.63, 3.8) is 0 Å². The first-order valence-corrected chi connectivity index (χ1v) is 8.69. The molecule has 0 heterocycles. The van der Waals surface area contributed by atoms with Crippen molar-refractivity contribution in [2.75, 3.05) is 13.6 Å². The van der Waals surface area contributed by atoms with Crippen molar-refractivity contribution >= 4 is 0 Å². The van der Waals surface area contributed by atoms with E-state index < -0.39 is 0 Å². The van der Waals surface area contributed by atoms with Crippen molar-refractivity contribution in [1.29, 1.82) is 0 Å². The van der Waals surface area contributed by atoms with E-state index in [1.165, 1.54) is 57.8 Å². The average Bonchev–Trinajstić information content (AvgIpc) is 2.47. The Labute approximate surface area is 120 Å². The molecule has 19 heavy (non-hydrogen) atoms. The molecule has 112 valence electrons. The van der Waals surface area contributed by atoms with Crippen LogP contribution in [0, 0.1) is 5.92 Å².